The first-order valence-corrected chi connectivity index (χ1v) is 11.4. The molecule has 0 heterocycles. The molecule has 0 radical (unpaired) electrons. The molecule has 3 N–H and O–H groups in total. The average molecular weight is 432 g/mol. The van der Waals surface area contributed by atoms with E-state index in [1.165, 1.54) is 18.4 Å². The van der Waals surface area contributed by atoms with Crippen LogP contribution in [0.25, 0.3) is 0 Å². The van der Waals surface area contributed by atoms with Crippen molar-refractivity contribution in [1.82, 2.24) is 0 Å². The highest BCUT2D eigenvalue weighted by Gasteiger charge is 2.36. The van der Waals surface area contributed by atoms with E-state index in [-0.39, 0.29) is 6.03 Å². The number of carbonyl (C=O) groups excluding carboxylic acids is 1. The van der Waals surface area contributed by atoms with Crippen molar-refractivity contribution in [2.45, 2.75) is 50.9 Å². The molecule has 0 saturated heterocycles. The second-order valence-electron chi connectivity index (χ2n) is 9.20. The molecular weight excluding hydrogens is 402 g/mol. The fourth-order valence-corrected chi connectivity index (χ4v) is 5.52. The van der Waals surface area contributed by atoms with Gasteiger partial charge in [-0.15, -0.1) is 0 Å². The highest BCUT2D eigenvalue weighted by atomic mass is 16.4. The van der Waals surface area contributed by atoms with Crippen LogP contribution in [0.4, 0.5) is 16.2 Å². The largest absolute Gasteiger partial charge is 0.481 e. The predicted molar refractivity (Wildman–Crippen MR) is 123 cm³/mol. The molecule has 0 bridgehead atoms. The Morgan fingerprint density at radius 2 is 1.66 bits per heavy atom. The first kappa shape index (κ1) is 21.9. The van der Waals surface area contributed by atoms with Crippen LogP contribution in [0, 0.1) is 29.1 Å². The van der Waals surface area contributed by atoms with Gasteiger partial charge in [0.05, 0.1) is 11.6 Å². The van der Waals surface area contributed by atoms with Crippen LogP contribution in [-0.4, -0.2) is 17.1 Å². The lowest BCUT2D eigenvalue weighted by molar-refractivity contribution is -0.138. The number of carboxylic acid groups (broad SMARTS) is 1. The molecule has 2 saturated carbocycles. The zero-order chi connectivity index (χ0) is 22.5. The summed E-state index contributed by atoms with van der Waals surface area (Å²) in [4.78, 5) is 23.3. The lowest BCUT2D eigenvalue weighted by Crippen LogP contribution is -2.31. The third-order valence-corrected chi connectivity index (χ3v) is 7.07. The van der Waals surface area contributed by atoms with Gasteiger partial charge in [-0.25, -0.2) is 4.79 Å². The van der Waals surface area contributed by atoms with E-state index >= 15 is 0 Å². The van der Waals surface area contributed by atoms with Crippen molar-refractivity contribution in [3.8, 4) is 6.07 Å². The molecule has 6 nitrogen and oxygen atoms in total. The van der Waals surface area contributed by atoms with Crippen molar-refractivity contribution in [2.24, 2.45) is 17.8 Å². The van der Waals surface area contributed by atoms with E-state index in [0.717, 1.165) is 31.4 Å². The molecule has 2 aromatic rings. The summed E-state index contributed by atoms with van der Waals surface area (Å²) in [5.41, 5.74) is 3.11. The minimum absolute atomic E-state index is 0.318. The van der Waals surface area contributed by atoms with Crippen molar-refractivity contribution in [3.05, 3.63) is 59.7 Å². The molecule has 2 fully saturated rings. The Bertz CT molecular complexity index is 1010. The molecular formula is C26H29N3O3. The summed E-state index contributed by atoms with van der Waals surface area (Å²) in [6.07, 6.45) is 7.06. The summed E-state index contributed by atoms with van der Waals surface area (Å²) in [6.45, 7) is 0. The highest BCUT2D eigenvalue weighted by molar-refractivity contribution is 5.99. The molecule has 4 unspecified atom stereocenters. The molecule has 2 aromatic carbocycles. The summed E-state index contributed by atoms with van der Waals surface area (Å²) >= 11 is 0. The van der Waals surface area contributed by atoms with Gasteiger partial charge in [-0.3, -0.25) is 4.79 Å². The van der Waals surface area contributed by atoms with Crippen molar-refractivity contribution in [1.29, 1.82) is 5.26 Å². The second kappa shape index (κ2) is 9.86. The fourth-order valence-electron chi connectivity index (χ4n) is 5.52. The third-order valence-electron chi connectivity index (χ3n) is 7.07. The van der Waals surface area contributed by atoms with E-state index in [2.05, 4.69) is 28.8 Å². The van der Waals surface area contributed by atoms with Gasteiger partial charge < -0.3 is 15.7 Å². The SMILES string of the molecule is N#Cc1cccc(NC(=O)Nc2ccc(C3CCC4CC(CC(=O)O)CCC4C3)cc2)c1. The number of aliphatic carboxylic acids is 1. The van der Waals surface area contributed by atoms with Crippen LogP contribution in [0.1, 0.15) is 62.0 Å². The minimum atomic E-state index is -0.666. The first-order valence-electron chi connectivity index (χ1n) is 11.4. The van der Waals surface area contributed by atoms with Gasteiger partial charge in [-0.05, 0) is 98.1 Å². The molecule has 2 aliphatic carbocycles. The molecule has 4 atom stereocenters. The van der Waals surface area contributed by atoms with Crippen LogP contribution in [-0.2, 0) is 4.79 Å². The van der Waals surface area contributed by atoms with Crippen molar-refractivity contribution in [3.63, 3.8) is 0 Å². The lowest BCUT2D eigenvalue weighted by atomic mass is 9.63. The van der Waals surface area contributed by atoms with Crippen molar-refractivity contribution in [2.75, 3.05) is 10.6 Å². The van der Waals surface area contributed by atoms with Gasteiger partial charge in [0.1, 0.15) is 0 Å². The Balaban J connectivity index is 1.30. The molecule has 166 valence electrons. The summed E-state index contributed by atoms with van der Waals surface area (Å²) in [6, 6.07) is 16.6. The zero-order valence-corrected chi connectivity index (χ0v) is 18.1. The number of amides is 2. The standard InChI is InChI=1S/C26H29N3O3/c27-16-18-2-1-3-24(13-18)29-26(32)28-23-10-8-19(9-11-23)21-7-6-20-12-17(14-25(30)31)4-5-22(20)15-21/h1-3,8-11,13,17,20-22H,4-7,12,14-15H2,(H,30,31)(H2,28,29,32). The van der Waals surface area contributed by atoms with Gasteiger partial charge in [-0.1, -0.05) is 18.2 Å². The van der Waals surface area contributed by atoms with Crippen molar-refractivity contribution >= 4 is 23.4 Å². The third kappa shape index (κ3) is 5.47. The molecule has 6 heteroatoms. The number of rotatable bonds is 5. The predicted octanol–water partition coefficient (Wildman–Crippen LogP) is 5.98. The number of carbonyl (C=O) groups is 2. The first-order chi connectivity index (χ1) is 15.5. The maximum absolute atomic E-state index is 12.3. The van der Waals surface area contributed by atoms with Crippen LogP contribution >= 0.6 is 0 Å². The van der Waals surface area contributed by atoms with Gasteiger partial charge in [0.2, 0.25) is 0 Å². The number of nitriles is 1. The van der Waals surface area contributed by atoms with Gasteiger partial charge in [0.25, 0.3) is 0 Å². The Morgan fingerprint density at radius 1 is 0.938 bits per heavy atom. The summed E-state index contributed by atoms with van der Waals surface area (Å²) in [5.74, 6) is 1.59. The Hall–Kier alpha value is -3.33. The molecule has 0 aliphatic heterocycles. The summed E-state index contributed by atoms with van der Waals surface area (Å²) in [5, 5.41) is 23.6. The maximum atomic E-state index is 12.3. The average Bonchev–Trinajstić information content (AvgIpc) is 2.79. The van der Waals surface area contributed by atoms with Crippen molar-refractivity contribution < 1.29 is 14.7 Å². The number of nitrogens with one attached hydrogen (secondary N) is 2. The van der Waals surface area contributed by atoms with Crippen LogP contribution in [0.5, 0.6) is 0 Å². The highest BCUT2D eigenvalue weighted by Crippen LogP contribution is 2.48. The van der Waals surface area contributed by atoms with Gasteiger partial charge in [0.15, 0.2) is 0 Å². The number of urea groups is 1. The molecule has 2 amide bonds. The van der Waals surface area contributed by atoms with Gasteiger partial charge in [0, 0.05) is 17.8 Å². The van der Waals surface area contributed by atoms with Crippen LogP contribution in [0.3, 0.4) is 0 Å². The Morgan fingerprint density at radius 3 is 2.41 bits per heavy atom. The quantitative estimate of drug-likeness (QED) is 0.542. The minimum Gasteiger partial charge on any atom is -0.481 e. The van der Waals surface area contributed by atoms with E-state index in [0.29, 0.717) is 41.3 Å². The second-order valence-corrected chi connectivity index (χ2v) is 9.20. The number of carboxylic acids is 1. The smallest absolute Gasteiger partial charge is 0.323 e. The number of fused-ring (bicyclic) bond motifs is 1. The van der Waals surface area contributed by atoms with E-state index in [4.69, 9.17) is 10.4 Å². The Kier molecular flexibility index (Phi) is 6.75. The molecule has 0 aromatic heterocycles. The number of hydrogen-bond acceptors (Lipinski definition) is 3. The Labute approximate surface area is 188 Å². The lowest BCUT2D eigenvalue weighted by Gasteiger charge is -2.42. The molecule has 4 rings (SSSR count). The summed E-state index contributed by atoms with van der Waals surface area (Å²) < 4.78 is 0. The normalized spacial score (nSPS) is 24.6. The maximum Gasteiger partial charge on any atom is 0.323 e. The zero-order valence-electron chi connectivity index (χ0n) is 18.1. The monoisotopic (exact) mass is 431 g/mol. The summed E-state index contributed by atoms with van der Waals surface area (Å²) in [7, 11) is 0. The van der Waals surface area contributed by atoms with E-state index in [1.54, 1.807) is 24.3 Å². The van der Waals surface area contributed by atoms with Crippen LogP contribution < -0.4 is 10.6 Å². The molecule has 32 heavy (non-hydrogen) atoms. The van der Waals surface area contributed by atoms with E-state index in [1.807, 2.05) is 12.1 Å². The number of hydrogen-bond donors (Lipinski definition) is 3. The fraction of sp³-hybridized carbons (Fsp3) is 0.423. The number of anilines is 2. The van der Waals surface area contributed by atoms with Crippen LogP contribution in [0.15, 0.2) is 48.5 Å². The van der Waals surface area contributed by atoms with E-state index < -0.39 is 5.97 Å². The number of nitrogens with zero attached hydrogens (tertiary/aromatic N) is 1. The van der Waals surface area contributed by atoms with Gasteiger partial charge in [-0.2, -0.15) is 5.26 Å². The van der Waals surface area contributed by atoms with E-state index in [9.17, 15) is 9.59 Å². The van der Waals surface area contributed by atoms with Gasteiger partial charge >= 0.3 is 12.0 Å². The van der Waals surface area contributed by atoms with Crippen LogP contribution in [0.2, 0.25) is 0 Å². The molecule has 0 spiro atoms. The topological polar surface area (TPSA) is 102 Å². The molecule has 2 aliphatic rings. The number of benzene rings is 2.